The summed E-state index contributed by atoms with van der Waals surface area (Å²) < 4.78 is 37.8. The third kappa shape index (κ3) is 4.47. The number of aliphatic hydroxyl groups excluding tert-OH is 1. The van der Waals surface area contributed by atoms with E-state index in [1.807, 2.05) is 0 Å². The summed E-state index contributed by atoms with van der Waals surface area (Å²) in [5, 5.41) is 12.6. The number of nitrogens with one attached hydrogen (secondary N) is 1. The SMILES string of the molecule is O=C(NCC(O)C1CCCCC1)c1cccc(C(F)(F)F)c1. The van der Waals surface area contributed by atoms with Gasteiger partial charge in [-0.3, -0.25) is 4.79 Å². The first-order valence-electron chi connectivity index (χ1n) is 7.51. The molecule has 0 spiro atoms. The average Bonchev–Trinajstić information content (AvgIpc) is 2.52. The van der Waals surface area contributed by atoms with Gasteiger partial charge in [0.15, 0.2) is 0 Å². The van der Waals surface area contributed by atoms with Gasteiger partial charge in [-0.05, 0) is 37.0 Å². The van der Waals surface area contributed by atoms with Gasteiger partial charge in [0, 0.05) is 12.1 Å². The quantitative estimate of drug-likeness (QED) is 0.895. The smallest absolute Gasteiger partial charge is 0.391 e. The van der Waals surface area contributed by atoms with Crippen molar-refractivity contribution >= 4 is 5.91 Å². The summed E-state index contributed by atoms with van der Waals surface area (Å²) in [4.78, 5) is 11.9. The lowest BCUT2D eigenvalue weighted by Crippen LogP contribution is -2.37. The molecule has 1 unspecified atom stereocenters. The second-order valence-electron chi connectivity index (χ2n) is 5.75. The molecule has 0 heterocycles. The Kier molecular flexibility index (Phi) is 5.45. The van der Waals surface area contributed by atoms with E-state index in [-0.39, 0.29) is 18.0 Å². The molecule has 0 saturated heterocycles. The van der Waals surface area contributed by atoms with Gasteiger partial charge in [-0.15, -0.1) is 0 Å². The molecule has 1 aliphatic carbocycles. The maximum atomic E-state index is 12.6. The van der Waals surface area contributed by atoms with Crippen molar-refractivity contribution in [3.05, 3.63) is 35.4 Å². The zero-order chi connectivity index (χ0) is 16.2. The number of carbonyl (C=O) groups is 1. The molecule has 0 radical (unpaired) electrons. The molecule has 3 nitrogen and oxygen atoms in total. The van der Waals surface area contributed by atoms with Gasteiger partial charge in [-0.25, -0.2) is 0 Å². The molecular formula is C16H20F3NO2. The second-order valence-corrected chi connectivity index (χ2v) is 5.75. The van der Waals surface area contributed by atoms with Crippen molar-refractivity contribution in [1.82, 2.24) is 5.32 Å². The van der Waals surface area contributed by atoms with E-state index >= 15 is 0 Å². The van der Waals surface area contributed by atoms with Crippen LogP contribution in [0.4, 0.5) is 13.2 Å². The van der Waals surface area contributed by atoms with Crippen LogP contribution < -0.4 is 5.32 Å². The van der Waals surface area contributed by atoms with E-state index in [2.05, 4.69) is 5.32 Å². The number of aliphatic hydroxyl groups is 1. The van der Waals surface area contributed by atoms with Crippen molar-refractivity contribution in [1.29, 1.82) is 0 Å². The number of amides is 1. The highest BCUT2D eigenvalue weighted by Crippen LogP contribution is 2.29. The Balaban J connectivity index is 1.92. The Bertz CT molecular complexity index is 510. The summed E-state index contributed by atoms with van der Waals surface area (Å²) in [5.74, 6) is -0.434. The van der Waals surface area contributed by atoms with Crippen LogP contribution in [0.25, 0.3) is 0 Å². The van der Waals surface area contributed by atoms with Crippen LogP contribution in [-0.2, 0) is 6.18 Å². The van der Waals surface area contributed by atoms with Gasteiger partial charge in [0.25, 0.3) is 5.91 Å². The van der Waals surface area contributed by atoms with Crippen molar-refractivity contribution in [3.8, 4) is 0 Å². The molecule has 2 N–H and O–H groups in total. The van der Waals surface area contributed by atoms with Crippen LogP contribution in [0.1, 0.15) is 48.0 Å². The van der Waals surface area contributed by atoms with Gasteiger partial charge in [0.05, 0.1) is 11.7 Å². The van der Waals surface area contributed by atoms with Gasteiger partial charge in [-0.2, -0.15) is 13.2 Å². The molecule has 6 heteroatoms. The van der Waals surface area contributed by atoms with Crippen molar-refractivity contribution < 1.29 is 23.1 Å². The molecule has 2 rings (SSSR count). The number of benzene rings is 1. The molecule has 22 heavy (non-hydrogen) atoms. The Hall–Kier alpha value is -1.56. The van der Waals surface area contributed by atoms with Crippen LogP contribution in [0.2, 0.25) is 0 Å². The number of carbonyl (C=O) groups excluding carboxylic acids is 1. The Labute approximate surface area is 127 Å². The zero-order valence-corrected chi connectivity index (χ0v) is 12.2. The molecule has 0 aliphatic heterocycles. The number of alkyl halides is 3. The largest absolute Gasteiger partial charge is 0.416 e. The van der Waals surface area contributed by atoms with Crippen molar-refractivity contribution in [3.63, 3.8) is 0 Å². The van der Waals surface area contributed by atoms with Crippen LogP contribution >= 0.6 is 0 Å². The summed E-state index contributed by atoms with van der Waals surface area (Å²) in [6.07, 6.45) is 0.0564. The second kappa shape index (κ2) is 7.13. The first kappa shape index (κ1) is 16.8. The number of hydrogen-bond donors (Lipinski definition) is 2. The Morgan fingerprint density at radius 2 is 1.95 bits per heavy atom. The average molecular weight is 315 g/mol. The van der Waals surface area contributed by atoms with Gasteiger partial charge in [-0.1, -0.05) is 25.3 Å². The summed E-state index contributed by atoms with van der Waals surface area (Å²) in [6, 6.07) is 4.28. The van der Waals surface area contributed by atoms with E-state index in [4.69, 9.17) is 0 Å². The van der Waals surface area contributed by atoms with E-state index in [1.165, 1.54) is 18.6 Å². The zero-order valence-electron chi connectivity index (χ0n) is 12.2. The maximum absolute atomic E-state index is 12.6. The molecule has 1 aromatic carbocycles. The third-order valence-corrected chi connectivity index (χ3v) is 4.12. The number of rotatable bonds is 4. The van der Waals surface area contributed by atoms with Crippen LogP contribution in [0.5, 0.6) is 0 Å². The molecular weight excluding hydrogens is 295 g/mol. The van der Waals surface area contributed by atoms with Crippen LogP contribution in [-0.4, -0.2) is 23.7 Å². The highest BCUT2D eigenvalue weighted by Gasteiger charge is 2.31. The Morgan fingerprint density at radius 3 is 2.59 bits per heavy atom. The lowest BCUT2D eigenvalue weighted by atomic mass is 9.85. The topological polar surface area (TPSA) is 49.3 Å². The third-order valence-electron chi connectivity index (χ3n) is 4.12. The standard InChI is InChI=1S/C16H20F3NO2/c17-16(18,19)13-8-4-7-12(9-13)15(22)20-10-14(21)11-5-2-1-3-6-11/h4,7-9,11,14,21H,1-3,5-6,10H2,(H,20,22). The van der Waals surface area contributed by atoms with Crippen LogP contribution in [0, 0.1) is 5.92 Å². The fourth-order valence-corrected chi connectivity index (χ4v) is 2.82. The minimum atomic E-state index is -4.47. The summed E-state index contributed by atoms with van der Waals surface area (Å²) >= 11 is 0. The van der Waals surface area contributed by atoms with Gasteiger partial charge in [0.1, 0.15) is 0 Å². The summed E-state index contributed by atoms with van der Waals surface area (Å²) in [6.45, 7) is 0.0692. The predicted molar refractivity (Wildman–Crippen MR) is 76.4 cm³/mol. The molecule has 1 fully saturated rings. The van der Waals surface area contributed by atoms with Crippen LogP contribution in [0.15, 0.2) is 24.3 Å². The summed E-state index contributed by atoms with van der Waals surface area (Å²) in [5.41, 5.74) is -0.904. The fraction of sp³-hybridized carbons (Fsp3) is 0.562. The van der Waals surface area contributed by atoms with E-state index in [0.29, 0.717) is 0 Å². The fourth-order valence-electron chi connectivity index (χ4n) is 2.82. The minimum absolute atomic E-state index is 0.0503. The first-order valence-corrected chi connectivity index (χ1v) is 7.51. The van der Waals surface area contributed by atoms with Crippen molar-refractivity contribution in [2.24, 2.45) is 5.92 Å². The molecule has 1 aliphatic rings. The normalized spacial score (nSPS) is 18.0. The molecule has 1 amide bonds. The molecule has 1 atom stereocenters. The first-order chi connectivity index (χ1) is 10.4. The van der Waals surface area contributed by atoms with E-state index in [9.17, 15) is 23.1 Å². The highest BCUT2D eigenvalue weighted by molar-refractivity contribution is 5.94. The summed E-state index contributed by atoms with van der Waals surface area (Å²) in [7, 11) is 0. The van der Waals surface area contributed by atoms with E-state index < -0.39 is 23.8 Å². The van der Waals surface area contributed by atoms with Gasteiger partial charge >= 0.3 is 6.18 Å². The van der Waals surface area contributed by atoms with E-state index in [0.717, 1.165) is 37.8 Å². The molecule has 0 bridgehead atoms. The van der Waals surface area contributed by atoms with Crippen molar-refractivity contribution in [2.45, 2.75) is 44.4 Å². The predicted octanol–water partition coefficient (Wildman–Crippen LogP) is 3.38. The van der Waals surface area contributed by atoms with E-state index in [1.54, 1.807) is 0 Å². The number of hydrogen-bond acceptors (Lipinski definition) is 2. The minimum Gasteiger partial charge on any atom is -0.391 e. The molecule has 1 aromatic rings. The van der Waals surface area contributed by atoms with Gasteiger partial charge < -0.3 is 10.4 Å². The lowest BCUT2D eigenvalue weighted by Gasteiger charge is -2.26. The van der Waals surface area contributed by atoms with Crippen molar-refractivity contribution in [2.75, 3.05) is 6.54 Å². The lowest BCUT2D eigenvalue weighted by molar-refractivity contribution is -0.137. The number of halogens is 3. The molecule has 1 saturated carbocycles. The molecule has 0 aromatic heterocycles. The molecule has 122 valence electrons. The van der Waals surface area contributed by atoms with Gasteiger partial charge in [0.2, 0.25) is 0 Å². The maximum Gasteiger partial charge on any atom is 0.416 e. The Morgan fingerprint density at radius 1 is 1.27 bits per heavy atom. The monoisotopic (exact) mass is 315 g/mol. The van der Waals surface area contributed by atoms with Crippen LogP contribution in [0.3, 0.4) is 0 Å². The highest BCUT2D eigenvalue weighted by atomic mass is 19.4.